The molecule has 0 aliphatic rings. The summed E-state index contributed by atoms with van der Waals surface area (Å²) in [6, 6.07) is 14.8. The normalized spacial score (nSPS) is 12.3. The summed E-state index contributed by atoms with van der Waals surface area (Å²) < 4.78 is 0. The monoisotopic (exact) mass is 282 g/mol. The first-order valence-electron chi connectivity index (χ1n) is 7.88. The third kappa shape index (κ3) is 4.93. The second-order valence-corrected chi connectivity index (χ2v) is 6.29. The van der Waals surface area contributed by atoms with E-state index in [2.05, 4.69) is 44.2 Å². The van der Waals surface area contributed by atoms with Crippen molar-refractivity contribution in [3.8, 4) is 5.75 Å². The molecule has 0 heterocycles. The molecule has 0 saturated heterocycles. The lowest BCUT2D eigenvalue weighted by atomic mass is 9.94. The molecule has 0 amide bonds. The molecule has 0 bridgehead atoms. The van der Waals surface area contributed by atoms with Crippen molar-refractivity contribution in [2.24, 2.45) is 5.92 Å². The molecule has 112 valence electrons. The molecule has 2 aromatic rings. The number of benzene rings is 2. The molecule has 2 aromatic carbocycles. The lowest BCUT2D eigenvalue weighted by Crippen LogP contribution is -2.00. The molecular weight excluding hydrogens is 256 g/mol. The van der Waals surface area contributed by atoms with Crippen LogP contribution in [0.5, 0.6) is 5.75 Å². The Kier molecular flexibility index (Phi) is 5.44. The van der Waals surface area contributed by atoms with Crippen LogP contribution >= 0.6 is 0 Å². The van der Waals surface area contributed by atoms with E-state index in [9.17, 15) is 5.11 Å². The van der Waals surface area contributed by atoms with Crippen molar-refractivity contribution < 1.29 is 5.11 Å². The summed E-state index contributed by atoms with van der Waals surface area (Å²) in [4.78, 5) is 0. The fourth-order valence-electron chi connectivity index (χ4n) is 2.60. The summed E-state index contributed by atoms with van der Waals surface area (Å²) in [7, 11) is 0. The molecule has 21 heavy (non-hydrogen) atoms. The van der Waals surface area contributed by atoms with E-state index in [1.807, 2.05) is 19.1 Å². The van der Waals surface area contributed by atoms with Crippen LogP contribution in [0.1, 0.15) is 42.0 Å². The summed E-state index contributed by atoms with van der Waals surface area (Å²) >= 11 is 0. The quantitative estimate of drug-likeness (QED) is 0.771. The minimum Gasteiger partial charge on any atom is -0.508 e. The highest BCUT2D eigenvalue weighted by Crippen LogP contribution is 2.20. The Morgan fingerprint density at radius 2 is 1.43 bits per heavy atom. The Morgan fingerprint density at radius 1 is 0.857 bits per heavy atom. The van der Waals surface area contributed by atoms with E-state index < -0.39 is 0 Å². The van der Waals surface area contributed by atoms with Crippen molar-refractivity contribution >= 4 is 0 Å². The number of phenolic OH excluding ortho intramolecular Hbond substituents is 1. The predicted molar refractivity (Wildman–Crippen MR) is 89.8 cm³/mol. The third-order valence-electron chi connectivity index (χ3n) is 4.23. The highest BCUT2D eigenvalue weighted by atomic mass is 16.3. The molecule has 1 nitrogen and oxygen atoms in total. The molecule has 0 aliphatic heterocycles. The van der Waals surface area contributed by atoms with Gasteiger partial charge in [-0.3, -0.25) is 0 Å². The van der Waals surface area contributed by atoms with Gasteiger partial charge in [0.2, 0.25) is 0 Å². The lowest BCUT2D eigenvalue weighted by Gasteiger charge is -2.12. The van der Waals surface area contributed by atoms with Crippen LogP contribution in [-0.4, -0.2) is 5.11 Å². The van der Waals surface area contributed by atoms with Gasteiger partial charge in [0.05, 0.1) is 0 Å². The minimum absolute atomic E-state index is 0.395. The predicted octanol–water partition coefficient (Wildman–Crippen LogP) is 5.21. The zero-order valence-electron chi connectivity index (χ0n) is 13.4. The van der Waals surface area contributed by atoms with Gasteiger partial charge in [0.15, 0.2) is 0 Å². The summed E-state index contributed by atoms with van der Waals surface area (Å²) in [5.74, 6) is 1.12. The van der Waals surface area contributed by atoms with Crippen molar-refractivity contribution in [2.45, 2.75) is 46.5 Å². The molecule has 1 atom stereocenters. The van der Waals surface area contributed by atoms with E-state index in [0.29, 0.717) is 5.75 Å². The van der Waals surface area contributed by atoms with Gasteiger partial charge in [-0.2, -0.15) is 0 Å². The Morgan fingerprint density at radius 3 is 2.05 bits per heavy atom. The van der Waals surface area contributed by atoms with Gasteiger partial charge in [0, 0.05) is 0 Å². The Balaban J connectivity index is 1.77. The molecule has 2 rings (SSSR count). The van der Waals surface area contributed by atoms with E-state index in [1.54, 1.807) is 0 Å². The molecule has 1 heteroatoms. The maximum absolute atomic E-state index is 9.55. The molecule has 0 fully saturated rings. The summed E-state index contributed by atoms with van der Waals surface area (Å²) in [6.45, 7) is 6.42. The molecule has 0 unspecified atom stereocenters. The minimum atomic E-state index is 0.395. The van der Waals surface area contributed by atoms with Gasteiger partial charge in [-0.25, -0.2) is 0 Å². The molecule has 0 radical (unpaired) electrons. The van der Waals surface area contributed by atoms with Crippen LogP contribution in [-0.2, 0) is 12.8 Å². The highest BCUT2D eigenvalue weighted by molar-refractivity contribution is 5.34. The van der Waals surface area contributed by atoms with Gasteiger partial charge in [0.25, 0.3) is 0 Å². The number of rotatable bonds is 6. The Bertz CT molecular complexity index is 569. The molecule has 0 aromatic heterocycles. The average molecular weight is 282 g/mol. The first-order chi connectivity index (χ1) is 10.0. The fourth-order valence-corrected chi connectivity index (χ4v) is 2.60. The molecule has 0 spiro atoms. The number of hydrogen-bond donors (Lipinski definition) is 1. The van der Waals surface area contributed by atoms with Crippen molar-refractivity contribution in [2.75, 3.05) is 0 Å². The van der Waals surface area contributed by atoms with Crippen LogP contribution in [0, 0.1) is 19.8 Å². The van der Waals surface area contributed by atoms with Gasteiger partial charge in [-0.1, -0.05) is 48.9 Å². The van der Waals surface area contributed by atoms with Crippen molar-refractivity contribution in [3.63, 3.8) is 0 Å². The molecule has 1 N–H and O–H groups in total. The summed E-state index contributed by atoms with van der Waals surface area (Å²) in [5, 5.41) is 9.55. The maximum Gasteiger partial charge on any atom is 0.118 e. The van der Waals surface area contributed by atoms with E-state index in [4.69, 9.17) is 0 Å². The zero-order chi connectivity index (χ0) is 15.2. The van der Waals surface area contributed by atoms with E-state index in [-0.39, 0.29) is 0 Å². The first kappa shape index (κ1) is 15.6. The fraction of sp³-hybridized carbons (Fsp3) is 0.400. The van der Waals surface area contributed by atoms with Gasteiger partial charge < -0.3 is 5.11 Å². The van der Waals surface area contributed by atoms with Crippen molar-refractivity contribution in [1.29, 1.82) is 0 Å². The van der Waals surface area contributed by atoms with E-state index in [0.717, 1.165) is 24.3 Å². The van der Waals surface area contributed by atoms with Crippen LogP contribution in [0.2, 0.25) is 0 Å². The number of aromatic hydroxyl groups is 1. The van der Waals surface area contributed by atoms with Crippen molar-refractivity contribution in [1.82, 2.24) is 0 Å². The maximum atomic E-state index is 9.55. The number of aryl methyl sites for hydroxylation is 4. The molecular formula is C20H26O. The Labute approximate surface area is 128 Å². The lowest BCUT2D eigenvalue weighted by molar-refractivity contribution is 0.470. The highest BCUT2D eigenvalue weighted by Gasteiger charge is 2.05. The summed E-state index contributed by atoms with van der Waals surface area (Å²) in [5.41, 5.74) is 5.06. The first-order valence-corrected chi connectivity index (χ1v) is 7.88. The van der Waals surface area contributed by atoms with E-state index in [1.165, 1.54) is 29.5 Å². The largest absolute Gasteiger partial charge is 0.508 e. The van der Waals surface area contributed by atoms with Gasteiger partial charge in [-0.15, -0.1) is 0 Å². The number of hydrogen-bond acceptors (Lipinski definition) is 1. The smallest absolute Gasteiger partial charge is 0.118 e. The number of phenols is 1. The van der Waals surface area contributed by atoms with Gasteiger partial charge in [0.1, 0.15) is 5.75 Å². The second kappa shape index (κ2) is 7.31. The molecule has 0 saturated carbocycles. The van der Waals surface area contributed by atoms with Crippen LogP contribution in [0.15, 0.2) is 42.5 Å². The van der Waals surface area contributed by atoms with Crippen LogP contribution in [0.3, 0.4) is 0 Å². The van der Waals surface area contributed by atoms with Crippen LogP contribution < -0.4 is 0 Å². The van der Waals surface area contributed by atoms with Crippen LogP contribution in [0.4, 0.5) is 0 Å². The zero-order valence-corrected chi connectivity index (χ0v) is 13.4. The third-order valence-corrected chi connectivity index (χ3v) is 4.23. The topological polar surface area (TPSA) is 20.2 Å². The summed E-state index contributed by atoms with van der Waals surface area (Å²) in [6.07, 6.45) is 4.70. The van der Waals surface area contributed by atoms with E-state index >= 15 is 0 Å². The standard InChI is InChI=1S/C20H26O/c1-15-4-8-18(9-5-15)10-6-16(2)7-11-19-12-13-20(21)17(3)14-19/h4-5,8-9,12-14,16,21H,6-7,10-11H2,1-3H3/t16-/m0/s1. The Hall–Kier alpha value is -1.76. The SMILES string of the molecule is Cc1ccc(CC[C@H](C)CCc2ccc(O)c(C)c2)cc1. The van der Waals surface area contributed by atoms with Crippen molar-refractivity contribution in [3.05, 3.63) is 64.7 Å². The van der Waals surface area contributed by atoms with Gasteiger partial charge >= 0.3 is 0 Å². The molecule has 0 aliphatic carbocycles. The van der Waals surface area contributed by atoms with Crippen LogP contribution in [0.25, 0.3) is 0 Å². The second-order valence-electron chi connectivity index (χ2n) is 6.29. The van der Waals surface area contributed by atoms with Gasteiger partial charge in [-0.05, 0) is 68.2 Å². The average Bonchev–Trinajstić information content (AvgIpc) is 2.48.